The number of likely N-dealkylation sites (tertiary alicyclic amines) is 1. The van der Waals surface area contributed by atoms with Gasteiger partial charge in [-0.05, 0) is 31.7 Å². The Bertz CT molecular complexity index is 981. The second-order valence-corrected chi connectivity index (χ2v) is 8.89. The molecule has 0 bridgehead atoms. The molecule has 2 fully saturated rings. The molecule has 1 aromatic heterocycles. The lowest BCUT2D eigenvalue weighted by molar-refractivity contribution is -0.143. The standard InChI is InChI=1S/C25H30N4O3/c1-19-18-28(15-14-27(19)2)22(30)16-25(20-8-4-3-5-9-20)17-23(31)29(24(25)32)13-11-21-10-6-7-12-26-21/h3-10,12,19H,11,13-18H2,1-2H3/t19-,25+/m0/s1. The lowest BCUT2D eigenvalue weighted by atomic mass is 9.75. The smallest absolute Gasteiger partial charge is 0.240 e. The number of piperazine rings is 1. The summed E-state index contributed by atoms with van der Waals surface area (Å²) < 4.78 is 0. The molecule has 0 radical (unpaired) electrons. The third kappa shape index (κ3) is 4.30. The summed E-state index contributed by atoms with van der Waals surface area (Å²) >= 11 is 0. The van der Waals surface area contributed by atoms with Crippen molar-refractivity contribution in [1.82, 2.24) is 19.7 Å². The van der Waals surface area contributed by atoms with Gasteiger partial charge in [0.2, 0.25) is 17.7 Å². The summed E-state index contributed by atoms with van der Waals surface area (Å²) in [7, 11) is 2.05. The van der Waals surface area contributed by atoms with E-state index in [4.69, 9.17) is 0 Å². The van der Waals surface area contributed by atoms with E-state index in [-0.39, 0.29) is 43.1 Å². The van der Waals surface area contributed by atoms with Gasteiger partial charge >= 0.3 is 0 Å². The monoisotopic (exact) mass is 434 g/mol. The number of nitrogens with zero attached hydrogens (tertiary/aromatic N) is 4. The molecule has 3 heterocycles. The van der Waals surface area contributed by atoms with E-state index in [0.29, 0.717) is 19.5 Å². The van der Waals surface area contributed by atoms with Gasteiger partial charge in [-0.25, -0.2) is 0 Å². The molecule has 0 aliphatic carbocycles. The van der Waals surface area contributed by atoms with E-state index in [2.05, 4.69) is 23.9 Å². The number of rotatable bonds is 6. The van der Waals surface area contributed by atoms with E-state index in [1.807, 2.05) is 53.4 Å². The number of hydrogen-bond acceptors (Lipinski definition) is 5. The largest absolute Gasteiger partial charge is 0.340 e. The maximum Gasteiger partial charge on any atom is 0.240 e. The number of hydrogen-bond donors (Lipinski definition) is 0. The van der Waals surface area contributed by atoms with Crippen molar-refractivity contribution in [2.24, 2.45) is 0 Å². The number of amides is 3. The Hall–Kier alpha value is -3.06. The van der Waals surface area contributed by atoms with E-state index in [1.54, 1.807) is 6.20 Å². The Kier molecular flexibility index (Phi) is 6.37. The Labute approximate surface area is 189 Å². The number of pyridine rings is 1. The fraction of sp³-hybridized carbons (Fsp3) is 0.440. The van der Waals surface area contributed by atoms with Crippen LogP contribution in [0.4, 0.5) is 0 Å². The Morgan fingerprint density at radius 3 is 2.53 bits per heavy atom. The van der Waals surface area contributed by atoms with Gasteiger partial charge in [-0.1, -0.05) is 36.4 Å². The Morgan fingerprint density at radius 2 is 1.84 bits per heavy atom. The minimum absolute atomic E-state index is 0.0120. The minimum Gasteiger partial charge on any atom is -0.340 e. The van der Waals surface area contributed by atoms with Crippen LogP contribution in [0.3, 0.4) is 0 Å². The molecule has 3 amide bonds. The molecule has 7 nitrogen and oxygen atoms in total. The van der Waals surface area contributed by atoms with Crippen LogP contribution in [0.1, 0.15) is 31.0 Å². The number of aromatic nitrogens is 1. The lowest BCUT2D eigenvalue weighted by Gasteiger charge is -2.39. The molecule has 4 rings (SSSR count). The van der Waals surface area contributed by atoms with Gasteiger partial charge in [0.25, 0.3) is 0 Å². The number of carbonyl (C=O) groups excluding carboxylic acids is 3. The molecule has 7 heteroatoms. The molecule has 0 N–H and O–H groups in total. The number of carbonyl (C=O) groups is 3. The number of likely N-dealkylation sites (N-methyl/N-ethyl adjacent to an activating group) is 1. The zero-order valence-electron chi connectivity index (χ0n) is 18.7. The summed E-state index contributed by atoms with van der Waals surface area (Å²) in [5.74, 6) is -0.573. The first kappa shape index (κ1) is 22.1. The van der Waals surface area contributed by atoms with Crippen molar-refractivity contribution in [2.45, 2.75) is 37.6 Å². The van der Waals surface area contributed by atoms with Crippen molar-refractivity contribution >= 4 is 17.7 Å². The number of benzene rings is 1. The average molecular weight is 435 g/mol. The van der Waals surface area contributed by atoms with Crippen molar-refractivity contribution in [3.05, 3.63) is 66.0 Å². The molecule has 0 spiro atoms. The summed E-state index contributed by atoms with van der Waals surface area (Å²) in [5.41, 5.74) is 0.411. The molecule has 32 heavy (non-hydrogen) atoms. The molecule has 0 saturated carbocycles. The third-order valence-electron chi connectivity index (χ3n) is 6.82. The molecular weight excluding hydrogens is 404 g/mol. The second kappa shape index (κ2) is 9.20. The van der Waals surface area contributed by atoms with E-state index in [1.165, 1.54) is 4.90 Å². The van der Waals surface area contributed by atoms with Gasteiger partial charge in [-0.3, -0.25) is 24.3 Å². The van der Waals surface area contributed by atoms with Gasteiger partial charge in [0, 0.05) is 63.4 Å². The highest BCUT2D eigenvalue weighted by Gasteiger charge is 2.54. The molecule has 2 aliphatic rings. The molecule has 2 aromatic rings. The van der Waals surface area contributed by atoms with Gasteiger partial charge in [0.05, 0.1) is 5.41 Å². The highest BCUT2D eigenvalue weighted by Crippen LogP contribution is 2.40. The molecule has 2 atom stereocenters. The zero-order valence-corrected chi connectivity index (χ0v) is 18.7. The number of imide groups is 1. The Morgan fingerprint density at radius 1 is 1.09 bits per heavy atom. The maximum atomic E-state index is 13.7. The molecule has 2 saturated heterocycles. The van der Waals surface area contributed by atoms with Crippen LogP contribution in [-0.2, 0) is 26.2 Å². The topological polar surface area (TPSA) is 73.8 Å². The van der Waals surface area contributed by atoms with Crippen molar-refractivity contribution in [3.63, 3.8) is 0 Å². The van der Waals surface area contributed by atoms with Crippen molar-refractivity contribution in [2.75, 3.05) is 33.2 Å². The van der Waals surface area contributed by atoms with Crippen LogP contribution in [0.15, 0.2) is 54.7 Å². The first-order valence-electron chi connectivity index (χ1n) is 11.2. The van der Waals surface area contributed by atoms with Crippen molar-refractivity contribution in [3.8, 4) is 0 Å². The SMILES string of the molecule is C[C@H]1CN(C(=O)C[C@]2(c3ccccc3)CC(=O)N(CCc3ccccn3)C2=O)CCN1C. The Balaban J connectivity index is 1.57. The first-order chi connectivity index (χ1) is 15.4. The van der Waals surface area contributed by atoms with Gasteiger partial charge < -0.3 is 9.80 Å². The van der Waals surface area contributed by atoms with E-state index in [0.717, 1.165) is 17.8 Å². The summed E-state index contributed by atoms with van der Waals surface area (Å²) in [6.07, 6.45) is 2.23. The normalized spacial score (nSPS) is 24.2. The van der Waals surface area contributed by atoms with Crippen LogP contribution in [0, 0.1) is 0 Å². The first-order valence-corrected chi connectivity index (χ1v) is 11.2. The molecular formula is C25H30N4O3. The fourth-order valence-corrected chi connectivity index (χ4v) is 4.67. The predicted molar refractivity (Wildman–Crippen MR) is 121 cm³/mol. The van der Waals surface area contributed by atoms with Gasteiger partial charge in [-0.15, -0.1) is 0 Å². The van der Waals surface area contributed by atoms with Crippen molar-refractivity contribution in [1.29, 1.82) is 0 Å². The highest BCUT2D eigenvalue weighted by molar-refractivity contribution is 6.10. The summed E-state index contributed by atoms with van der Waals surface area (Å²) in [5, 5.41) is 0. The summed E-state index contributed by atoms with van der Waals surface area (Å²) in [6, 6.07) is 15.2. The van der Waals surface area contributed by atoms with Gasteiger partial charge in [-0.2, -0.15) is 0 Å². The average Bonchev–Trinajstić information content (AvgIpc) is 3.05. The summed E-state index contributed by atoms with van der Waals surface area (Å²) in [6.45, 7) is 4.43. The third-order valence-corrected chi connectivity index (χ3v) is 6.82. The summed E-state index contributed by atoms with van der Waals surface area (Å²) in [4.78, 5) is 49.7. The lowest BCUT2D eigenvalue weighted by Crippen LogP contribution is -2.53. The van der Waals surface area contributed by atoms with Crippen molar-refractivity contribution < 1.29 is 14.4 Å². The maximum absolute atomic E-state index is 13.7. The van der Waals surface area contributed by atoms with E-state index < -0.39 is 5.41 Å². The van der Waals surface area contributed by atoms with Gasteiger partial charge in [0.15, 0.2) is 0 Å². The highest BCUT2D eigenvalue weighted by atomic mass is 16.2. The fourth-order valence-electron chi connectivity index (χ4n) is 4.67. The zero-order chi connectivity index (χ0) is 22.7. The minimum atomic E-state index is -1.15. The molecule has 168 valence electrons. The van der Waals surface area contributed by atoms with Crippen LogP contribution in [0.25, 0.3) is 0 Å². The molecule has 1 aromatic carbocycles. The van der Waals surface area contributed by atoms with Crippen LogP contribution < -0.4 is 0 Å². The quantitative estimate of drug-likeness (QED) is 0.649. The van der Waals surface area contributed by atoms with Crippen LogP contribution >= 0.6 is 0 Å². The predicted octanol–water partition coefficient (Wildman–Crippen LogP) is 1.87. The van der Waals surface area contributed by atoms with Gasteiger partial charge in [0.1, 0.15) is 0 Å². The van der Waals surface area contributed by atoms with E-state index >= 15 is 0 Å². The molecule has 2 aliphatic heterocycles. The molecule has 0 unspecified atom stereocenters. The van der Waals surface area contributed by atoms with E-state index in [9.17, 15) is 14.4 Å². The second-order valence-electron chi connectivity index (χ2n) is 8.89. The van der Waals surface area contributed by atoms with Crippen LogP contribution in [0.2, 0.25) is 0 Å². The van der Waals surface area contributed by atoms with Crippen LogP contribution in [0.5, 0.6) is 0 Å². The van der Waals surface area contributed by atoms with Crippen LogP contribution in [-0.4, -0.2) is 76.7 Å².